The van der Waals surface area contributed by atoms with Crippen LogP contribution >= 0.6 is 12.4 Å². The molecule has 0 radical (unpaired) electrons. The molecule has 0 saturated heterocycles. The number of aryl methyl sites for hydroxylation is 1. The zero-order chi connectivity index (χ0) is 13.7. The zero-order valence-electron chi connectivity index (χ0n) is 11.7. The Bertz CT molecular complexity index is 566. The summed E-state index contributed by atoms with van der Waals surface area (Å²) in [5, 5.41) is 6.18. The first-order valence-electron chi connectivity index (χ1n) is 6.45. The van der Waals surface area contributed by atoms with Crippen LogP contribution < -0.4 is 10.6 Å². The molecular formula is C15H20ClN3O. The van der Waals surface area contributed by atoms with Crippen molar-refractivity contribution in [2.45, 2.75) is 20.4 Å². The van der Waals surface area contributed by atoms with E-state index >= 15 is 0 Å². The summed E-state index contributed by atoms with van der Waals surface area (Å²) in [7, 11) is 0. The van der Waals surface area contributed by atoms with Gasteiger partial charge in [-0.05, 0) is 37.2 Å². The van der Waals surface area contributed by atoms with Crippen LogP contribution in [0.25, 0.3) is 0 Å². The monoisotopic (exact) mass is 293 g/mol. The number of anilines is 1. The van der Waals surface area contributed by atoms with Crippen molar-refractivity contribution in [2.24, 2.45) is 0 Å². The topological polar surface area (TPSA) is 56.9 Å². The molecule has 1 amide bonds. The maximum absolute atomic E-state index is 12.1. The molecule has 0 aliphatic heterocycles. The van der Waals surface area contributed by atoms with Crippen LogP contribution in [0, 0.1) is 6.92 Å². The van der Waals surface area contributed by atoms with Crippen molar-refractivity contribution >= 4 is 24.0 Å². The lowest BCUT2D eigenvalue weighted by Gasteiger charge is -2.07. The number of benzene rings is 1. The van der Waals surface area contributed by atoms with E-state index in [0.717, 1.165) is 30.0 Å². The molecule has 4 nitrogen and oxygen atoms in total. The molecule has 108 valence electrons. The molecule has 3 N–H and O–H groups in total. The first-order valence-corrected chi connectivity index (χ1v) is 6.45. The SMILES string of the molecule is CCNCc1cccc(NC(=O)c2cc[nH]c2C)c1.Cl. The second kappa shape index (κ2) is 7.72. The molecule has 0 unspecified atom stereocenters. The first-order chi connectivity index (χ1) is 9.20. The highest BCUT2D eigenvalue weighted by Gasteiger charge is 2.09. The van der Waals surface area contributed by atoms with Crippen LogP contribution in [-0.4, -0.2) is 17.4 Å². The number of aromatic nitrogens is 1. The second-order valence-electron chi connectivity index (χ2n) is 4.45. The van der Waals surface area contributed by atoms with Gasteiger partial charge in [-0.1, -0.05) is 19.1 Å². The number of hydrogen-bond acceptors (Lipinski definition) is 2. The van der Waals surface area contributed by atoms with E-state index < -0.39 is 0 Å². The number of amides is 1. The molecule has 0 atom stereocenters. The molecule has 0 aliphatic carbocycles. The number of carbonyl (C=O) groups is 1. The molecule has 0 saturated carbocycles. The van der Waals surface area contributed by atoms with E-state index in [-0.39, 0.29) is 18.3 Å². The normalized spacial score (nSPS) is 9.90. The predicted octanol–water partition coefficient (Wildman–Crippen LogP) is 3.11. The number of rotatable bonds is 5. The largest absolute Gasteiger partial charge is 0.365 e. The highest BCUT2D eigenvalue weighted by atomic mass is 35.5. The fourth-order valence-corrected chi connectivity index (χ4v) is 1.93. The minimum Gasteiger partial charge on any atom is -0.365 e. The van der Waals surface area contributed by atoms with Crippen LogP contribution in [-0.2, 0) is 6.54 Å². The van der Waals surface area contributed by atoms with Crippen LogP contribution in [0.4, 0.5) is 5.69 Å². The molecule has 1 aromatic heterocycles. The lowest BCUT2D eigenvalue weighted by atomic mass is 10.2. The number of hydrogen-bond donors (Lipinski definition) is 3. The number of H-pyrrole nitrogens is 1. The molecule has 2 aromatic rings. The van der Waals surface area contributed by atoms with E-state index in [2.05, 4.69) is 22.5 Å². The van der Waals surface area contributed by atoms with Gasteiger partial charge in [0.2, 0.25) is 0 Å². The minimum atomic E-state index is -0.0839. The second-order valence-corrected chi connectivity index (χ2v) is 4.45. The molecule has 0 spiro atoms. The Hall–Kier alpha value is -1.78. The highest BCUT2D eigenvalue weighted by Crippen LogP contribution is 2.13. The Morgan fingerprint density at radius 3 is 2.75 bits per heavy atom. The van der Waals surface area contributed by atoms with E-state index in [4.69, 9.17) is 0 Å². The van der Waals surface area contributed by atoms with E-state index in [1.807, 2.05) is 31.2 Å². The minimum absolute atomic E-state index is 0. The first kappa shape index (κ1) is 16.3. The summed E-state index contributed by atoms with van der Waals surface area (Å²) in [5.41, 5.74) is 3.53. The molecule has 0 bridgehead atoms. The van der Waals surface area contributed by atoms with Gasteiger partial charge in [-0.2, -0.15) is 0 Å². The van der Waals surface area contributed by atoms with E-state index in [0.29, 0.717) is 5.56 Å². The summed E-state index contributed by atoms with van der Waals surface area (Å²) in [5.74, 6) is -0.0839. The van der Waals surface area contributed by atoms with Crippen LogP contribution in [0.1, 0.15) is 28.5 Å². The van der Waals surface area contributed by atoms with Crippen molar-refractivity contribution in [3.8, 4) is 0 Å². The quantitative estimate of drug-likeness (QED) is 0.793. The van der Waals surface area contributed by atoms with Crippen molar-refractivity contribution in [2.75, 3.05) is 11.9 Å². The van der Waals surface area contributed by atoms with Crippen molar-refractivity contribution in [3.05, 3.63) is 53.3 Å². The predicted molar refractivity (Wildman–Crippen MR) is 84.6 cm³/mol. The van der Waals surface area contributed by atoms with E-state index in [1.165, 1.54) is 0 Å². The molecule has 0 aliphatic rings. The van der Waals surface area contributed by atoms with Gasteiger partial charge in [-0.15, -0.1) is 12.4 Å². The number of halogens is 1. The van der Waals surface area contributed by atoms with Gasteiger partial charge in [0.25, 0.3) is 5.91 Å². The number of nitrogens with one attached hydrogen (secondary N) is 3. The van der Waals surface area contributed by atoms with Crippen molar-refractivity contribution in [3.63, 3.8) is 0 Å². The van der Waals surface area contributed by atoms with Crippen molar-refractivity contribution < 1.29 is 4.79 Å². The molecule has 1 heterocycles. The fourth-order valence-electron chi connectivity index (χ4n) is 1.93. The summed E-state index contributed by atoms with van der Waals surface area (Å²) >= 11 is 0. The average molecular weight is 294 g/mol. The number of carbonyl (C=O) groups excluding carboxylic acids is 1. The summed E-state index contributed by atoms with van der Waals surface area (Å²) in [6.07, 6.45) is 1.77. The third-order valence-corrected chi connectivity index (χ3v) is 2.96. The Kier molecular flexibility index (Phi) is 6.28. The summed E-state index contributed by atoms with van der Waals surface area (Å²) in [6.45, 7) is 5.69. The molecule has 0 fully saturated rings. The smallest absolute Gasteiger partial charge is 0.257 e. The van der Waals surface area contributed by atoms with Crippen LogP contribution in [0.15, 0.2) is 36.5 Å². The maximum Gasteiger partial charge on any atom is 0.257 e. The highest BCUT2D eigenvalue weighted by molar-refractivity contribution is 6.05. The standard InChI is InChI=1S/C15H19N3O.ClH/c1-3-16-10-12-5-4-6-13(9-12)18-15(19)14-7-8-17-11(14)2;/h4-9,16-17H,3,10H2,1-2H3,(H,18,19);1H. The molecule has 2 rings (SSSR count). The molecule has 20 heavy (non-hydrogen) atoms. The van der Waals surface area contributed by atoms with Gasteiger partial charge in [0.05, 0.1) is 5.56 Å². The number of aromatic amines is 1. The fraction of sp³-hybridized carbons (Fsp3) is 0.267. The van der Waals surface area contributed by atoms with Gasteiger partial charge in [0.15, 0.2) is 0 Å². The van der Waals surface area contributed by atoms with Crippen molar-refractivity contribution in [1.82, 2.24) is 10.3 Å². The van der Waals surface area contributed by atoms with E-state index in [1.54, 1.807) is 12.3 Å². The summed E-state index contributed by atoms with van der Waals surface area (Å²) in [4.78, 5) is 15.1. The lowest BCUT2D eigenvalue weighted by Crippen LogP contribution is -2.14. The van der Waals surface area contributed by atoms with Crippen molar-refractivity contribution in [1.29, 1.82) is 0 Å². The maximum atomic E-state index is 12.1. The zero-order valence-corrected chi connectivity index (χ0v) is 12.5. The van der Waals surface area contributed by atoms with Crippen LogP contribution in [0.5, 0.6) is 0 Å². The summed E-state index contributed by atoms with van der Waals surface area (Å²) < 4.78 is 0. The Morgan fingerprint density at radius 2 is 2.10 bits per heavy atom. The Balaban J connectivity index is 0.00000200. The molecular weight excluding hydrogens is 274 g/mol. The van der Waals surface area contributed by atoms with E-state index in [9.17, 15) is 4.79 Å². The van der Waals surface area contributed by atoms with Gasteiger partial charge >= 0.3 is 0 Å². The van der Waals surface area contributed by atoms with Crippen LogP contribution in [0.2, 0.25) is 0 Å². The lowest BCUT2D eigenvalue weighted by molar-refractivity contribution is 0.102. The third kappa shape index (κ3) is 4.11. The molecule has 5 heteroatoms. The third-order valence-electron chi connectivity index (χ3n) is 2.96. The van der Waals surface area contributed by atoms with Gasteiger partial charge in [-0.25, -0.2) is 0 Å². The molecule has 1 aromatic carbocycles. The average Bonchev–Trinajstić information content (AvgIpc) is 2.83. The van der Waals surface area contributed by atoms with Crippen LogP contribution in [0.3, 0.4) is 0 Å². The van der Waals surface area contributed by atoms with Gasteiger partial charge in [-0.3, -0.25) is 4.79 Å². The summed E-state index contributed by atoms with van der Waals surface area (Å²) in [6, 6.07) is 9.66. The van der Waals surface area contributed by atoms with Gasteiger partial charge in [0, 0.05) is 24.1 Å². The van der Waals surface area contributed by atoms with Gasteiger partial charge < -0.3 is 15.6 Å². The Labute approximate surface area is 125 Å². The Morgan fingerprint density at radius 1 is 1.30 bits per heavy atom. The van der Waals surface area contributed by atoms with Gasteiger partial charge in [0.1, 0.15) is 0 Å².